The SMILES string of the molecule is N#Cc1cccc(NC(=O)c2cccc(C(=O)NC3CCCCC3)n2)c1. The molecule has 132 valence electrons. The van der Waals surface area contributed by atoms with Crippen LogP contribution in [-0.4, -0.2) is 22.8 Å². The van der Waals surface area contributed by atoms with Crippen molar-refractivity contribution in [3.63, 3.8) is 0 Å². The average Bonchev–Trinajstić information content (AvgIpc) is 2.69. The Morgan fingerprint density at radius 3 is 2.42 bits per heavy atom. The summed E-state index contributed by atoms with van der Waals surface area (Å²) in [5.41, 5.74) is 1.35. The van der Waals surface area contributed by atoms with E-state index in [0.717, 1.165) is 25.7 Å². The van der Waals surface area contributed by atoms with E-state index in [1.165, 1.54) is 6.42 Å². The fourth-order valence-electron chi connectivity index (χ4n) is 3.06. The van der Waals surface area contributed by atoms with Crippen LogP contribution in [0.25, 0.3) is 0 Å². The van der Waals surface area contributed by atoms with Gasteiger partial charge in [-0.3, -0.25) is 9.59 Å². The first kappa shape index (κ1) is 17.6. The number of anilines is 1. The van der Waals surface area contributed by atoms with E-state index in [9.17, 15) is 9.59 Å². The summed E-state index contributed by atoms with van der Waals surface area (Å²) < 4.78 is 0. The standard InChI is InChI=1S/C20H20N4O2/c21-13-14-6-4-9-16(12-14)23-20(26)18-11-5-10-17(24-18)19(25)22-15-7-2-1-3-8-15/h4-6,9-12,15H,1-3,7-8H2,(H,22,25)(H,23,26). The van der Waals surface area contributed by atoms with E-state index in [1.54, 1.807) is 42.5 Å². The molecule has 0 atom stereocenters. The van der Waals surface area contributed by atoms with Gasteiger partial charge in [0.2, 0.25) is 0 Å². The van der Waals surface area contributed by atoms with E-state index in [0.29, 0.717) is 11.3 Å². The summed E-state index contributed by atoms with van der Waals surface area (Å²) in [5.74, 6) is -0.676. The van der Waals surface area contributed by atoms with E-state index in [1.807, 2.05) is 6.07 Å². The molecule has 0 saturated heterocycles. The van der Waals surface area contributed by atoms with E-state index in [2.05, 4.69) is 15.6 Å². The summed E-state index contributed by atoms with van der Waals surface area (Å²) in [5, 5.41) is 14.6. The first-order chi connectivity index (χ1) is 12.7. The number of hydrogen-bond donors (Lipinski definition) is 2. The van der Waals surface area contributed by atoms with Gasteiger partial charge < -0.3 is 10.6 Å². The van der Waals surface area contributed by atoms with Crippen molar-refractivity contribution >= 4 is 17.5 Å². The highest BCUT2D eigenvalue weighted by atomic mass is 16.2. The van der Waals surface area contributed by atoms with Crippen molar-refractivity contribution in [2.24, 2.45) is 0 Å². The molecular formula is C20H20N4O2. The lowest BCUT2D eigenvalue weighted by Crippen LogP contribution is -2.36. The third-order valence-electron chi connectivity index (χ3n) is 4.40. The maximum atomic E-state index is 12.4. The largest absolute Gasteiger partial charge is 0.348 e. The summed E-state index contributed by atoms with van der Waals surface area (Å²) in [6, 6.07) is 13.6. The van der Waals surface area contributed by atoms with E-state index in [4.69, 9.17) is 5.26 Å². The maximum Gasteiger partial charge on any atom is 0.274 e. The molecule has 1 aliphatic carbocycles. The van der Waals surface area contributed by atoms with Crippen LogP contribution < -0.4 is 10.6 Å². The fraction of sp³-hybridized carbons (Fsp3) is 0.300. The van der Waals surface area contributed by atoms with Crippen molar-refractivity contribution in [3.05, 3.63) is 59.4 Å². The highest BCUT2D eigenvalue weighted by molar-refractivity contribution is 6.03. The van der Waals surface area contributed by atoms with Crippen LogP contribution in [0, 0.1) is 11.3 Å². The molecule has 0 aliphatic heterocycles. The minimum atomic E-state index is -0.424. The van der Waals surface area contributed by atoms with Gasteiger partial charge in [0.25, 0.3) is 11.8 Å². The molecule has 1 saturated carbocycles. The number of amides is 2. The molecule has 1 aromatic carbocycles. The van der Waals surface area contributed by atoms with Crippen LogP contribution in [0.3, 0.4) is 0 Å². The van der Waals surface area contributed by atoms with Gasteiger partial charge in [-0.2, -0.15) is 5.26 Å². The van der Waals surface area contributed by atoms with Crippen molar-refractivity contribution in [1.82, 2.24) is 10.3 Å². The third-order valence-corrected chi connectivity index (χ3v) is 4.40. The predicted molar refractivity (Wildman–Crippen MR) is 97.7 cm³/mol. The second-order valence-corrected chi connectivity index (χ2v) is 6.36. The normalized spacial score (nSPS) is 14.3. The highest BCUT2D eigenvalue weighted by Crippen LogP contribution is 2.18. The zero-order chi connectivity index (χ0) is 18.4. The van der Waals surface area contributed by atoms with E-state index in [-0.39, 0.29) is 23.3 Å². The van der Waals surface area contributed by atoms with E-state index >= 15 is 0 Å². The molecule has 2 aromatic rings. The Bertz CT molecular complexity index is 851. The first-order valence-corrected chi connectivity index (χ1v) is 8.75. The van der Waals surface area contributed by atoms with Crippen molar-refractivity contribution in [1.29, 1.82) is 5.26 Å². The number of hydrogen-bond acceptors (Lipinski definition) is 4. The molecule has 6 nitrogen and oxygen atoms in total. The smallest absolute Gasteiger partial charge is 0.274 e. The number of pyridine rings is 1. The van der Waals surface area contributed by atoms with Crippen LogP contribution in [0.1, 0.15) is 58.6 Å². The lowest BCUT2D eigenvalue weighted by molar-refractivity contribution is 0.0922. The molecule has 26 heavy (non-hydrogen) atoms. The Balaban J connectivity index is 1.68. The van der Waals surface area contributed by atoms with Crippen molar-refractivity contribution in [2.45, 2.75) is 38.1 Å². The Morgan fingerprint density at radius 2 is 1.69 bits per heavy atom. The number of aromatic nitrogens is 1. The fourth-order valence-corrected chi connectivity index (χ4v) is 3.06. The van der Waals surface area contributed by atoms with Gasteiger partial charge in [0, 0.05) is 11.7 Å². The summed E-state index contributed by atoms with van der Waals surface area (Å²) in [4.78, 5) is 29.0. The summed E-state index contributed by atoms with van der Waals surface area (Å²) in [6.45, 7) is 0. The van der Waals surface area contributed by atoms with Gasteiger partial charge in [-0.05, 0) is 43.2 Å². The lowest BCUT2D eigenvalue weighted by Gasteiger charge is -2.22. The molecule has 6 heteroatoms. The number of carbonyl (C=O) groups is 2. The number of carbonyl (C=O) groups excluding carboxylic acids is 2. The van der Waals surface area contributed by atoms with Crippen molar-refractivity contribution < 1.29 is 9.59 Å². The van der Waals surface area contributed by atoms with E-state index < -0.39 is 5.91 Å². The van der Waals surface area contributed by atoms with Gasteiger partial charge in [-0.15, -0.1) is 0 Å². The van der Waals surface area contributed by atoms with Crippen molar-refractivity contribution in [3.8, 4) is 6.07 Å². The lowest BCUT2D eigenvalue weighted by atomic mass is 9.95. The van der Waals surface area contributed by atoms with Crippen LogP contribution >= 0.6 is 0 Å². The molecular weight excluding hydrogens is 328 g/mol. The summed E-state index contributed by atoms with van der Waals surface area (Å²) in [7, 11) is 0. The molecule has 3 rings (SSSR count). The van der Waals surface area contributed by atoms with Crippen LogP contribution in [0.5, 0.6) is 0 Å². The van der Waals surface area contributed by atoms with Crippen LogP contribution in [-0.2, 0) is 0 Å². The molecule has 1 heterocycles. The van der Waals surface area contributed by atoms with Gasteiger partial charge in [-0.25, -0.2) is 4.98 Å². The minimum Gasteiger partial charge on any atom is -0.348 e. The highest BCUT2D eigenvalue weighted by Gasteiger charge is 2.18. The second-order valence-electron chi connectivity index (χ2n) is 6.36. The monoisotopic (exact) mass is 348 g/mol. The Hall–Kier alpha value is -3.20. The zero-order valence-electron chi connectivity index (χ0n) is 14.4. The molecule has 1 fully saturated rings. The van der Waals surface area contributed by atoms with Gasteiger partial charge >= 0.3 is 0 Å². The second kappa shape index (κ2) is 8.26. The number of nitriles is 1. The predicted octanol–water partition coefficient (Wildman–Crippen LogP) is 3.27. The third kappa shape index (κ3) is 4.45. The molecule has 1 aromatic heterocycles. The molecule has 0 bridgehead atoms. The Kier molecular flexibility index (Phi) is 5.59. The molecule has 0 spiro atoms. The summed E-state index contributed by atoms with van der Waals surface area (Å²) in [6.07, 6.45) is 5.45. The molecule has 1 aliphatic rings. The summed E-state index contributed by atoms with van der Waals surface area (Å²) >= 11 is 0. The zero-order valence-corrected chi connectivity index (χ0v) is 14.4. The van der Waals surface area contributed by atoms with Crippen LogP contribution in [0.4, 0.5) is 5.69 Å². The maximum absolute atomic E-state index is 12.4. The number of rotatable bonds is 4. The van der Waals surface area contributed by atoms with Crippen LogP contribution in [0.2, 0.25) is 0 Å². The molecule has 2 N–H and O–H groups in total. The van der Waals surface area contributed by atoms with Gasteiger partial charge in [-0.1, -0.05) is 31.4 Å². The van der Waals surface area contributed by atoms with Gasteiger partial charge in [0.15, 0.2) is 0 Å². The first-order valence-electron chi connectivity index (χ1n) is 8.75. The Morgan fingerprint density at radius 1 is 1.00 bits per heavy atom. The van der Waals surface area contributed by atoms with Crippen LogP contribution in [0.15, 0.2) is 42.5 Å². The number of nitrogens with one attached hydrogen (secondary N) is 2. The molecule has 0 unspecified atom stereocenters. The van der Waals surface area contributed by atoms with Crippen molar-refractivity contribution in [2.75, 3.05) is 5.32 Å². The average molecular weight is 348 g/mol. The van der Waals surface area contributed by atoms with Gasteiger partial charge in [0.1, 0.15) is 11.4 Å². The Labute approximate surface area is 152 Å². The molecule has 0 radical (unpaired) electrons. The molecule has 2 amide bonds. The number of benzene rings is 1. The number of nitrogens with zero attached hydrogens (tertiary/aromatic N) is 2. The minimum absolute atomic E-state index is 0.156. The topological polar surface area (TPSA) is 94.9 Å². The van der Waals surface area contributed by atoms with Gasteiger partial charge in [0.05, 0.1) is 11.6 Å². The quantitative estimate of drug-likeness (QED) is 0.886.